The molecule has 0 saturated carbocycles. The zero-order valence-electron chi connectivity index (χ0n) is 14.1. The van der Waals surface area contributed by atoms with Gasteiger partial charge in [-0.15, -0.1) is 0 Å². The Balaban J connectivity index is 2.02. The summed E-state index contributed by atoms with van der Waals surface area (Å²) in [4.78, 5) is 12.4. The summed E-state index contributed by atoms with van der Waals surface area (Å²) in [6.07, 6.45) is 1.60. The van der Waals surface area contributed by atoms with Gasteiger partial charge in [0.1, 0.15) is 11.9 Å². The fourth-order valence-electron chi connectivity index (χ4n) is 2.51. The summed E-state index contributed by atoms with van der Waals surface area (Å²) in [6.45, 7) is 1.88. The molecule has 2 aromatic carbocycles. The van der Waals surface area contributed by atoms with Gasteiger partial charge in [-0.25, -0.2) is 12.8 Å². The zero-order valence-corrected chi connectivity index (χ0v) is 15.0. The first-order valence-corrected chi connectivity index (χ1v) is 9.70. The fourth-order valence-corrected chi connectivity index (χ4v) is 3.69. The predicted octanol–water partition coefficient (Wildman–Crippen LogP) is 2.34. The van der Waals surface area contributed by atoms with Crippen LogP contribution in [0.3, 0.4) is 0 Å². The van der Waals surface area contributed by atoms with Crippen LogP contribution >= 0.6 is 0 Å². The van der Waals surface area contributed by atoms with E-state index in [1.165, 1.54) is 12.1 Å². The minimum atomic E-state index is -3.61. The lowest BCUT2D eigenvalue weighted by molar-refractivity contribution is -0.121. The monoisotopic (exact) mass is 364 g/mol. The minimum absolute atomic E-state index is 0.312. The lowest BCUT2D eigenvalue weighted by Crippen LogP contribution is -2.48. The molecular formula is C18H21FN2O3S. The van der Waals surface area contributed by atoms with Crippen molar-refractivity contribution in [3.63, 3.8) is 0 Å². The number of carbonyl (C=O) groups excluding carboxylic acids is 1. The van der Waals surface area contributed by atoms with Crippen LogP contribution < -0.4 is 9.62 Å². The van der Waals surface area contributed by atoms with Crippen LogP contribution in [0.1, 0.15) is 12.5 Å². The maximum Gasteiger partial charge on any atom is 0.243 e. The Morgan fingerprint density at radius 3 is 2.28 bits per heavy atom. The van der Waals surface area contributed by atoms with Gasteiger partial charge in [-0.2, -0.15) is 0 Å². The van der Waals surface area contributed by atoms with Gasteiger partial charge >= 0.3 is 0 Å². The van der Waals surface area contributed by atoms with Crippen molar-refractivity contribution < 1.29 is 17.6 Å². The Morgan fingerprint density at radius 1 is 1.12 bits per heavy atom. The van der Waals surface area contributed by atoms with Crippen LogP contribution in [0.5, 0.6) is 0 Å². The minimum Gasteiger partial charge on any atom is -0.354 e. The van der Waals surface area contributed by atoms with Gasteiger partial charge in [0.2, 0.25) is 15.9 Å². The number of halogens is 1. The Labute approximate surface area is 147 Å². The zero-order chi connectivity index (χ0) is 18.4. The summed E-state index contributed by atoms with van der Waals surface area (Å²) in [5, 5.41) is 2.73. The third-order valence-corrected chi connectivity index (χ3v) is 4.97. The molecule has 0 aromatic heterocycles. The molecule has 25 heavy (non-hydrogen) atoms. The molecule has 1 N–H and O–H groups in total. The summed E-state index contributed by atoms with van der Waals surface area (Å²) in [5.74, 6) is -0.704. The number of para-hydroxylation sites is 1. The number of nitrogens with zero attached hydrogens (tertiary/aromatic N) is 1. The first-order chi connectivity index (χ1) is 11.8. The molecule has 0 unspecified atom stereocenters. The summed E-state index contributed by atoms with van der Waals surface area (Å²) in [5.41, 5.74) is 1.32. The smallest absolute Gasteiger partial charge is 0.243 e. The molecule has 0 aliphatic carbocycles. The Kier molecular flexibility index (Phi) is 6.14. The molecule has 0 spiro atoms. The van der Waals surface area contributed by atoms with E-state index in [4.69, 9.17) is 0 Å². The van der Waals surface area contributed by atoms with Gasteiger partial charge in [0.25, 0.3) is 0 Å². The summed E-state index contributed by atoms with van der Waals surface area (Å²) < 4.78 is 38.2. The molecule has 0 radical (unpaired) electrons. The van der Waals surface area contributed by atoms with Crippen molar-refractivity contribution in [2.75, 3.05) is 17.1 Å². The average molecular weight is 364 g/mol. The second-order valence-electron chi connectivity index (χ2n) is 5.74. The molecule has 1 atom stereocenters. The molecule has 5 nitrogen and oxygen atoms in total. The van der Waals surface area contributed by atoms with Gasteiger partial charge in [0.15, 0.2) is 0 Å². The highest BCUT2D eigenvalue weighted by Gasteiger charge is 2.28. The highest BCUT2D eigenvalue weighted by Crippen LogP contribution is 2.20. The third kappa shape index (κ3) is 5.29. The lowest BCUT2D eigenvalue weighted by Gasteiger charge is -2.28. The van der Waals surface area contributed by atoms with Crippen LogP contribution in [-0.2, 0) is 21.2 Å². The van der Waals surface area contributed by atoms with Crippen LogP contribution in [0.25, 0.3) is 0 Å². The number of carbonyl (C=O) groups is 1. The molecule has 0 saturated heterocycles. The van der Waals surface area contributed by atoms with Gasteiger partial charge in [0.05, 0.1) is 11.9 Å². The SMILES string of the molecule is C[C@@H](C(=O)NCCc1ccc(F)cc1)N(c1ccccc1)S(C)(=O)=O. The fraction of sp³-hybridized carbons (Fsp3) is 0.278. The molecule has 2 aromatic rings. The molecule has 7 heteroatoms. The van der Waals surface area contributed by atoms with E-state index < -0.39 is 22.0 Å². The number of amides is 1. The number of anilines is 1. The van der Waals surface area contributed by atoms with Gasteiger partial charge in [-0.05, 0) is 43.2 Å². The highest BCUT2D eigenvalue weighted by molar-refractivity contribution is 7.92. The molecule has 0 bridgehead atoms. The Hall–Kier alpha value is -2.41. The third-order valence-electron chi connectivity index (χ3n) is 3.73. The summed E-state index contributed by atoms with van der Waals surface area (Å²) in [7, 11) is -3.61. The van der Waals surface area contributed by atoms with E-state index >= 15 is 0 Å². The van der Waals surface area contributed by atoms with Crippen LogP contribution in [0.2, 0.25) is 0 Å². The van der Waals surface area contributed by atoms with Crippen molar-refractivity contribution in [1.82, 2.24) is 5.32 Å². The van der Waals surface area contributed by atoms with Crippen molar-refractivity contribution >= 4 is 21.6 Å². The highest BCUT2D eigenvalue weighted by atomic mass is 32.2. The van der Waals surface area contributed by atoms with Gasteiger partial charge in [0, 0.05) is 6.54 Å². The lowest BCUT2D eigenvalue weighted by atomic mass is 10.1. The second kappa shape index (κ2) is 8.11. The maximum absolute atomic E-state index is 12.9. The van der Waals surface area contributed by atoms with Crippen LogP contribution in [-0.4, -0.2) is 33.2 Å². The normalized spacial score (nSPS) is 12.4. The molecule has 0 aliphatic rings. The molecule has 2 rings (SSSR count). The maximum atomic E-state index is 12.9. The largest absolute Gasteiger partial charge is 0.354 e. The van der Waals surface area contributed by atoms with Crippen molar-refractivity contribution in [3.05, 3.63) is 66.0 Å². The molecular weight excluding hydrogens is 343 g/mol. The van der Waals surface area contributed by atoms with E-state index in [1.807, 2.05) is 0 Å². The van der Waals surface area contributed by atoms with Crippen LogP contribution in [0.15, 0.2) is 54.6 Å². The first-order valence-electron chi connectivity index (χ1n) is 7.85. The van der Waals surface area contributed by atoms with Crippen molar-refractivity contribution in [1.29, 1.82) is 0 Å². The quantitative estimate of drug-likeness (QED) is 0.820. The van der Waals surface area contributed by atoms with E-state index in [0.717, 1.165) is 16.1 Å². The number of rotatable bonds is 7. The molecule has 1 amide bonds. The molecule has 0 heterocycles. The number of hydrogen-bond donors (Lipinski definition) is 1. The van der Waals surface area contributed by atoms with E-state index in [9.17, 15) is 17.6 Å². The molecule has 134 valence electrons. The topological polar surface area (TPSA) is 66.5 Å². The number of sulfonamides is 1. The van der Waals surface area contributed by atoms with E-state index in [0.29, 0.717) is 18.7 Å². The Bertz CT molecular complexity index is 808. The van der Waals surface area contributed by atoms with Crippen molar-refractivity contribution in [3.8, 4) is 0 Å². The number of nitrogens with one attached hydrogen (secondary N) is 1. The summed E-state index contributed by atoms with van der Waals surface area (Å²) >= 11 is 0. The van der Waals surface area contributed by atoms with Gasteiger partial charge in [-0.1, -0.05) is 30.3 Å². The second-order valence-corrected chi connectivity index (χ2v) is 7.60. The van der Waals surface area contributed by atoms with E-state index in [-0.39, 0.29) is 5.82 Å². The van der Waals surface area contributed by atoms with Crippen LogP contribution in [0, 0.1) is 5.82 Å². The predicted molar refractivity (Wildman–Crippen MR) is 96.3 cm³/mol. The molecule has 0 aliphatic heterocycles. The Morgan fingerprint density at radius 2 is 1.72 bits per heavy atom. The first kappa shape index (κ1) is 18.9. The van der Waals surface area contributed by atoms with E-state index in [1.54, 1.807) is 49.4 Å². The average Bonchev–Trinajstić information content (AvgIpc) is 2.56. The number of benzene rings is 2. The van der Waals surface area contributed by atoms with Gasteiger partial charge in [-0.3, -0.25) is 9.10 Å². The van der Waals surface area contributed by atoms with Gasteiger partial charge < -0.3 is 5.32 Å². The standard InChI is InChI=1S/C18H21FN2O3S/c1-14(21(25(2,23)24)17-6-4-3-5-7-17)18(22)20-13-12-15-8-10-16(19)11-9-15/h3-11,14H,12-13H2,1-2H3,(H,20,22)/t14-/m0/s1. The van der Waals surface area contributed by atoms with Crippen LogP contribution in [0.4, 0.5) is 10.1 Å². The van der Waals surface area contributed by atoms with E-state index in [2.05, 4.69) is 5.32 Å². The summed E-state index contributed by atoms with van der Waals surface area (Å²) in [6, 6.07) is 13.6. The van der Waals surface area contributed by atoms with Crippen molar-refractivity contribution in [2.24, 2.45) is 0 Å². The number of hydrogen-bond acceptors (Lipinski definition) is 3. The van der Waals surface area contributed by atoms with Crippen molar-refractivity contribution in [2.45, 2.75) is 19.4 Å². The molecule has 0 fully saturated rings.